The van der Waals surface area contributed by atoms with Crippen LogP contribution in [-0.4, -0.2) is 25.3 Å². The molecule has 0 aromatic rings. The summed E-state index contributed by atoms with van der Waals surface area (Å²) in [6.07, 6.45) is 1.60. The van der Waals surface area contributed by atoms with Gasteiger partial charge in [-0.3, -0.25) is 0 Å². The summed E-state index contributed by atoms with van der Waals surface area (Å²) in [7, 11) is 0. The molecular formula is C10H17NO3. The van der Waals surface area contributed by atoms with Gasteiger partial charge in [0, 0.05) is 0 Å². The van der Waals surface area contributed by atoms with Crippen LogP contribution >= 0.6 is 0 Å². The number of carbonyl (C=O) groups excluding carboxylic acids is 1. The van der Waals surface area contributed by atoms with Gasteiger partial charge in [-0.25, -0.2) is 4.79 Å². The Bertz CT molecular complexity index is 198. The lowest BCUT2D eigenvalue weighted by Gasteiger charge is -2.11. The van der Waals surface area contributed by atoms with Crippen molar-refractivity contribution in [3.8, 4) is 6.07 Å². The third-order valence-electron chi connectivity index (χ3n) is 1.66. The fourth-order valence-electron chi connectivity index (χ4n) is 0.784. The molecule has 0 saturated carbocycles. The quantitative estimate of drug-likeness (QED) is 0.462. The number of hydrogen-bond acceptors (Lipinski definition) is 4. The van der Waals surface area contributed by atoms with Gasteiger partial charge in [-0.05, 0) is 13.3 Å². The molecule has 4 nitrogen and oxygen atoms in total. The summed E-state index contributed by atoms with van der Waals surface area (Å²) in [6, 6.07) is 1.94. The van der Waals surface area contributed by atoms with Gasteiger partial charge in [-0.15, -0.1) is 0 Å². The highest BCUT2D eigenvalue weighted by Crippen LogP contribution is 1.97. The van der Waals surface area contributed by atoms with Crippen LogP contribution < -0.4 is 0 Å². The average molecular weight is 199 g/mol. The molecule has 0 amide bonds. The van der Waals surface area contributed by atoms with Crippen molar-refractivity contribution in [1.82, 2.24) is 0 Å². The summed E-state index contributed by atoms with van der Waals surface area (Å²) in [4.78, 5) is 11.2. The molecule has 0 bridgehead atoms. The van der Waals surface area contributed by atoms with Crippen LogP contribution in [0.2, 0.25) is 0 Å². The van der Waals surface area contributed by atoms with Crippen molar-refractivity contribution in [2.45, 2.75) is 39.2 Å². The van der Waals surface area contributed by atoms with Crippen LogP contribution in [0.3, 0.4) is 0 Å². The normalized spacial score (nSPS) is 11.8. The van der Waals surface area contributed by atoms with Gasteiger partial charge in [0.25, 0.3) is 0 Å². The lowest BCUT2D eigenvalue weighted by atomic mass is 10.3. The minimum absolute atomic E-state index is 0.278. The van der Waals surface area contributed by atoms with Crippen LogP contribution in [0, 0.1) is 11.3 Å². The van der Waals surface area contributed by atoms with E-state index in [1.165, 1.54) is 0 Å². The van der Waals surface area contributed by atoms with Gasteiger partial charge in [0.2, 0.25) is 0 Å². The van der Waals surface area contributed by atoms with E-state index in [-0.39, 0.29) is 12.6 Å². The first-order valence-electron chi connectivity index (χ1n) is 4.87. The molecule has 0 spiro atoms. The number of ether oxygens (including phenoxy) is 2. The molecule has 80 valence electrons. The molecule has 0 aromatic carbocycles. The Morgan fingerprint density at radius 2 is 2.21 bits per heavy atom. The predicted octanol–water partition coefficient (Wildman–Crippen LogP) is 1.65. The van der Waals surface area contributed by atoms with Crippen molar-refractivity contribution in [2.75, 3.05) is 13.2 Å². The van der Waals surface area contributed by atoms with Crippen molar-refractivity contribution in [3.05, 3.63) is 0 Å². The van der Waals surface area contributed by atoms with Crippen molar-refractivity contribution in [3.63, 3.8) is 0 Å². The second kappa shape index (κ2) is 8.52. The molecule has 1 atom stereocenters. The number of hydrogen-bond donors (Lipinski definition) is 0. The van der Waals surface area contributed by atoms with Gasteiger partial charge in [0.1, 0.15) is 0 Å². The van der Waals surface area contributed by atoms with Crippen LogP contribution in [0.5, 0.6) is 0 Å². The smallest absolute Gasteiger partial charge is 0.334 e. The highest BCUT2D eigenvalue weighted by molar-refractivity contribution is 5.74. The molecule has 0 saturated heterocycles. The third kappa shape index (κ3) is 6.44. The Balaban J connectivity index is 3.50. The average Bonchev–Trinajstić information content (AvgIpc) is 2.18. The van der Waals surface area contributed by atoms with E-state index < -0.39 is 6.10 Å². The second-order valence-corrected chi connectivity index (χ2v) is 2.94. The van der Waals surface area contributed by atoms with Crippen LogP contribution in [0.4, 0.5) is 0 Å². The van der Waals surface area contributed by atoms with E-state index in [9.17, 15) is 4.79 Å². The van der Waals surface area contributed by atoms with Crippen LogP contribution in [-0.2, 0) is 14.3 Å². The number of nitriles is 1. The number of carbonyl (C=O) groups is 1. The van der Waals surface area contributed by atoms with E-state index in [0.717, 1.165) is 12.8 Å². The maximum Gasteiger partial charge on any atom is 0.334 e. The number of unbranched alkanes of at least 4 members (excludes halogenated alkanes) is 1. The zero-order valence-corrected chi connectivity index (χ0v) is 8.78. The third-order valence-corrected chi connectivity index (χ3v) is 1.66. The molecule has 0 fully saturated rings. The first-order valence-corrected chi connectivity index (χ1v) is 4.87. The summed E-state index contributed by atoms with van der Waals surface area (Å²) in [5, 5.41) is 8.24. The van der Waals surface area contributed by atoms with Crippen LogP contribution in [0.15, 0.2) is 0 Å². The van der Waals surface area contributed by atoms with E-state index in [4.69, 9.17) is 14.7 Å². The number of rotatable bonds is 7. The largest absolute Gasteiger partial charge is 0.464 e. The fourth-order valence-corrected chi connectivity index (χ4v) is 0.784. The molecule has 0 radical (unpaired) electrons. The highest BCUT2D eigenvalue weighted by Gasteiger charge is 2.13. The Labute approximate surface area is 84.8 Å². The summed E-state index contributed by atoms with van der Waals surface area (Å²) in [6.45, 7) is 4.38. The molecule has 14 heavy (non-hydrogen) atoms. The van der Waals surface area contributed by atoms with Crippen LogP contribution in [0.1, 0.15) is 33.1 Å². The van der Waals surface area contributed by atoms with Gasteiger partial charge in [-0.2, -0.15) is 5.26 Å². The minimum Gasteiger partial charge on any atom is -0.464 e. The van der Waals surface area contributed by atoms with Crippen molar-refractivity contribution in [2.24, 2.45) is 0 Å². The monoisotopic (exact) mass is 199 g/mol. The summed E-state index contributed by atoms with van der Waals surface area (Å²) < 4.78 is 10.0. The molecule has 0 rings (SSSR count). The van der Waals surface area contributed by atoms with Gasteiger partial charge in [-0.1, -0.05) is 13.3 Å². The van der Waals surface area contributed by atoms with Gasteiger partial charge in [0.05, 0.1) is 25.7 Å². The lowest BCUT2D eigenvalue weighted by Crippen LogP contribution is -2.24. The maximum atomic E-state index is 11.2. The number of nitrogens with zero attached hydrogens (tertiary/aromatic N) is 1. The Kier molecular flexibility index (Phi) is 7.86. The molecule has 0 heterocycles. The van der Waals surface area contributed by atoms with Crippen LogP contribution in [0.25, 0.3) is 0 Å². The zero-order chi connectivity index (χ0) is 10.8. The van der Waals surface area contributed by atoms with E-state index in [0.29, 0.717) is 13.0 Å². The lowest BCUT2D eigenvalue weighted by molar-refractivity contribution is -0.156. The van der Waals surface area contributed by atoms with E-state index >= 15 is 0 Å². The van der Waals surface area contributed by atoms with E-state index in [1.807, 2.05) is 13.0 Å². The molecule has 0 unspecified atom stereocenters. The minimum atomic E-state index is -0.569. The Morgan fingerprint density at radius 1 is 1.50 bits per heavy atom. The first kappa shape index (κ1) is 12.9. The fraction of sp³-hybridized carbons (Fsp3) is 0.800. The molecule has 0 aliphatic carbocycles. The van der Waals surface area contributed by atoms with Gasteiger partial charge >= 0.3 is 5.97 Å². The second-order valence-electron chi connectivity index (χ2n) is 2.94. The SMILES string of the molecule is CCCCOC(=O)[C@H](C)OCCC#N. The molecule has 0 aliphatic heterocycles. The molecule has 4 heteroatoms. The van der Waals surface area contributed by atoms with Crippen molar-refractivity contribution >= 4 is 5.97 Å². The van der Waals surface area contributed by atoms with E-state index in [1.54, 1.807) is 6.92 Å². The summed E-state index contributed by atoms with van der Waals surface area (Å²) in [5.41, 5.74) is 0. The Morgan fingerprint density at radius 3 is 2.79 bits per heavy atom. The van der Waals surface area contributed by atoms with E-state index in [2.05, 4.69) is 0 Å². The van der Waals surface area contributed by atoms with Crippen molar-refractivity contribution < 1.29 is 14.3 Å². The highest BCUT2D eigenvalue weighted by atomic mass is 16.6. The van der Waals surface area contributed by atoms with Gasteiger partial charge in [0.15, 0.2) is 6.10 Å². The zero-order valence-electron chi connectivity index (χ0n) is 8.78. The number of esters is 1. The van der Waals surface area contributed by atoms with Gasteiger partial charge < -0.3 is 9.47 Å². The Hall–Kier alpha value is -1.08. The topological polar surface area (TPSA) is 59.3 Å². The first-order chi connectivity index (χ1) is 6.72. The van der Waals surface area contributed by atoms with Crippen molar-refractivity contribution in [1.29, 1.82) is 5.26 Å². The molecule has 0 N–H and O–H groups in total. The summed E-state index contributed by atoms with van der Waals surface area (Å²) >= 11 is 0. The molecule has 0 aliphatic rings. The maximum absolute atomic E-state index is 11.2. The molecular weight excluding hydrogens is 182 g/mol. The molecule has 0 aromatic heterocycles. The summed E-state index contributed by atoms with van der Waals surface area (Å²) in [5.74, 6) is -0.351. The standard InChI is InChI=1S/C10H17NO3/c1-3-4-7-14-10(12)9(2)13-8-5-6-11/h9H,3-5,7-8H2,1-2H3/t9-/m0/s1. The predicted molar refractivity (Wildman–Crippen MR) is 51.5 cm³/mol.